The van der Waals surface area contributed by atoms with Crippen molar-refractivity contribution >= 4 is 17.3 Å². The molecule has 7 heteroatoms. The fraction of sp³-hybridized carbons (Fsp3) is 0.143. The molecular weight excluding hydrogens is 274 g/mol. The van der Waals surface area contributed by atoms with Crippen molar-refractivity contribution in [2.45, 2.75) is 13.5 Å². The first-order valence-electron chi connectivity index (χ1n) is 6.19. The zero-order chi connectivity index (χ0) is 15.4. The molecule has 7 nitrogen and oxygen atoms in total. The predicted molar refractivity (Wildman–Crippen MR) is 74.8 cm³/mol. The summed E-state index contributed by atoms with van der Waals surface area (Å²) in [5.74, 6) is -0.286. The third kappa shape index (κ3) is 3.53. The normalized spacial score (nSPS) is 10.1. The van der Waals surface area contributed by atoms with E-state index in [1.165, 1.54) is 29.0 Å². The van der Waals surface area contributed by atoms with Gasteiger partial charge in [-0.25, -0.2) is 0 Å². The molecule has 0 bridgehead atoms. The van der Waals surface area contributed by atoms with Crippen LogP contribution in [0, 0.1) is 17.0 Å². The highest BCUT2D eigenvalue weighted by Crippen LogP contribution is 2.24. The molecule has 2 rings (SSSR count). The Morgan fingerprint density at radius 2 is 2.14 bits per heavy atom. The number of aromatic nitrogens is 1. The van der Waals surface area contributed by atoms with Crippen molar-refractivity contribution in [1.29, 1.82) is 0 Å². The Bertz CT molecular complexity index is 700. The van der Waals surface area contributed by atoms with Crippen LogP contribution in [-0.2, 0) is 11.3 Å². The molecule has 1 aromatic carbocycles. The molecule has 0 spiro atoms. The number of amides is 1. The van der Waals surface area contributed by atoms with Crippen LogP contribution in [0.25, 0.3) is 0 Å². The third-order valence-corrected chi connectivity index (χ3v) is 2.94. The van der Waals surface area contributed by atoms with Crippen LogP contribution in [0.5, 0.6) is 5.75 Å². The molecule has 0 saturated heterocycles. The number of carbonyl (C=O) groups excluding carboxylic acids is 1. The Hall–Kier alpha value is -2.96. The largest absolute Gasteiger partial charge is 0.503 e. The summed E-state index contributed by atoms with van der Waals surface area (Å²) in [5.41, 5.74) is 0.754. The first kappa shape index (κ1) is 14.4. The van der Waals surface area contributed by atoms with E-state index in [4.69, 9.17) is 0 Å². The average Bonchev–Trinajstić information content (AvgIpc) is 2.40. The lowest BCUT2D eigenvalue weighted by molar-refractivity contribution is -0.684. The summed E-state index contributed by atoms with van der Waals surface area (Å²) in [5, 5.41) is 22.8. The number of pyridine rings is 1. The molecule has 2 aromatic rings. The molecule has 0 unspecified atom stereocenters. The number of hydrogen-bond acceptors (Lipinski definition) is 4. The molecule has 0 aliphatic rings. The second kappa shape index (κ2) is 6.00. The van der Waals surface area contributed by atoms with Crippen LogP contribution < -0.4 is 9.88 Å². The summed E-state index contributed by atoms with van der Waals surface area (Å²) < 4.78 is 1.51. The first-order valence-corrected chi connectivity index (χ1v) is 6.19. The second-order valence-corrected chi connectivity index (χ2v) is 4.49. The fourth-order valence-corrected chi connectivity index (χ4v) is 1.92. The minimum absolute atomic E-state index is 0.00344. The van der Waals surface area contributed by atoms with Crippen LogP contribution in [0.2, 0.25) is 0 Å². The molecule has 2 N–H and O–H groups in total. The summed E-state index contributed by atoms with van der Waals surface area (Å²) in [6.07, 6.45) is 3.06. The number of carbonyl (C=O) groups is 1. The summed E-state index contributed by atoms with van der Waals surface area (Å²) in [7, 11) is 0. The third-order valence-electron chi connectivity index (χ3n) is 2.94. The van der Waals surface area contributed by atoms with E-state index in [0.29, 0.717) is 11.3 Å². The maximum Gasteiger partial charge on any atom is 0.290 e. The predicted octanol–water partition coefficient (Wildman–Crippen LogP) is 1.54. The summed E-state index contributed by atoms with van der Waals surface area (Å²) >= 11 is 0. The van der Waals surface area contributed by atoms with Crippen molar-refractivity contribution < 1.29 is 19.4 Å². The van der Waals surface area contributed by atoms with E-state index in [0.717, 1.165) is 0 Å². The quantitative estimate of drug-likeness (QED) is 0.506. The Kier molecular flexibility index (Phi) is 4.13. The molecule has 0 aliphatic carbocycles. The second-order valence-electron chi connectivity index (χ2n) is 4.49. The molecule has 0 atom stereocenters. The zero-order valence-corrected chi connectivity index (χ0v) is 11.3. The molecule has 1 heterocycles. The lowest BCUT2D eigenvalue weighted by atomic mass is 10.1. The van der Waals surface area contributed by atoms with Gasteiger partial charge in [0.2, 0.25) is 12.7 Å². The monoisotopic (exact) mass is 288 g/mol. The van der Waals surface area contributed by atoms with Crippen molar-refractivity contribution in [3.8, 4) is 5.75 Å². The number of nitrogens with one attached hydrogen (secondary N) is 1. The standard InChI is InChI=1S/C14H13N3O4/c1-10-12(5-2-6-13(10)17(20)21)15-14(19)9-16-7-3-4-11(18)8-16/h2-8H,9H2,1H3,(H-,15,18,19)/p+1. The van der Waals surface area contributed by atoms with Crippen LogP contribution in [-0.4, -0.2) is 15.9 Å². The topological polar surface area (TPSA) is 96.4 Å². The van der Waals surface area contributed by atoms with Gasteiger partial charge in [0.15, 0.2) is 11.9 Å². The van der Waals surface area contributed by atoms with E-state index >= 15 is 0 Å². The number of rotatable bonds is 4. The summed E-state index contributed by atoms with van der Waals surface area (Å²) in [6.45, 7) is 1.58. The summed E-state index contributed by atoms with van der Waals surface area (Å²) in [6, 6.07) is 7.62. The lowest BCUT2D eigenvalue weighted by Crippen LogP contribution is -2.39. The van der Waals surface area contributed by atoms with Gasteiger partial charge in [-0.2, -0.15) is 4.57 Å². The molecule has 0 fully saturated rings. The fourth-order valence-electron chi connectivity index (χ4n) is 1.92. The van der Waals surface area contributed by atoms with E-state index in [1.54, 1.807) is 25.3 Å². The molecule has 1 aromatic heterocycles. The Labute approximate surface area is 120 Å². The Morgan fingerprint density at radius 3 is 2.81 bits per heavy atom. The highest BCUT2D eigenvalue weighted by Gasteiger charge is 2.16. The van der Waals surface area contributed by atoms with Gasteiger partial charge >= 0.3 is 0 Å². The van der Waals surface area contributed by atoms with Crippen molar-refractivity contribution in [2.75, 3.05) is 5.32 Å². The molecule has 0 radical (unpaired) electrons. The van der Waals surface area contributed by atoms with E-state index in [9.17, 15) is 20.0 Å². The van der Waals surface area contributed by atoms with Crippen molar-refractivity contribution in [2.24, 2.45) is 0 Å². The molecule has 0 aliphatic heterocycles. The van der Waals surface area contributed by atoms with Gasteiger partial charge < -0.3 is 10.4 Å². The van der Waals surface area contributed by atoms with E-state index in [2.05, 4.69) is 5.32 Å². The number of benzene rings is 1. The smallest absolute Gasteiger partial charge is 0.290 e. The van der Waals surface area contributed by atoms with Crippen molar-refractivity contribution in [3.05, 3.63) is 58.4 Å². The molecule has 108 valence electrons. The minimum atomic E-state index is -0.491. The van der Waals surface area contributed by atoms with E-state index in [1.807, 2.05) is 0 Å². The van der Waals surface area contributed by atoms with Crippen LogP contribution >= 0.6 is 0 Å². The van der Waals surface area contributed by atoms with Crippen LogP contribution in [0.4, 0.5) is 11.4 Å². The van der Waals surface area contributed by atoms with Gasteiger partial charge in [0, 0.05) is 12.1 Å². The number of nitro groups is 1. The van der Waals surface area contributed by atoms with Gasteiger partial charge in [0.25, 0.3) is 11.6 Å². The highest BCUT2D eigenvalue weighted by atomic mass is 16.6. The Morgan fingerprint density at radius 1 is 1.38 bits per heavy atom. The molecule has 1 amide bonds. The van der Waals surface area contributed by atoms with Gasteiger partial charge in [0.1, 0.15) is 0 Å². The van der Waals surface area contributed by atoms with Crippen LogP contribution in [0.15, 0.2) is 42.7 Å². The lowest BCUT2D eigenvalue weighted by Gasteiger charge is -2.07. The number of hydrogen-bond donors (Lipinski definition) is 2. The maximum atomic E-state index is 11.9. The van der Waals surface area contributed by atoms with Crippen molar-refractivity contribution in [3.63, 3.8) is 0 Å². The minimum Gasteiger partial charge on any atom is -0.503 e. The Balaban J connectivity index is 2.13. The van der Waals surface area contributed by atoms with Gasteiger partial charge in [-0.05, 0) is 19.1 Å². The summed E-state index contributed by atoms with van der Waals surface area (Å²) in [4.78, 5) is 22.3. The van der Waals surface area contributed by atoms with Gasteiger partial charge in [-0.1, -0.05) is 6.07 Å². The highest BCUT2D eigenvalue weighted by molar-refractivity contribution is 5.91. The van der Waals surface area contributed by atoms with E-state index < -0.39 is 4.92 Å². The molecule has 0 saturated carbocycles. The SMILES string of the molecule is Cc1c(NC(=O)C[n+]2cccc(O)c2)cccc1[N+](=O)[O-]. The van der Waals surface area contributed by atoms with E-state index in [-0.39, 0.29) is 23.9 Å². The van der Waals surface area contributed by atoms with Gasteiger partial charge in [-0.3, -0.25) is 14.9 Å². The zero-order valence-electron chi connectivity index (χ0n) is 11.3. The molecule has 21 heavy (non-hydrogen) atoms. The number of nitro benzene ring substituents is 1. The van der Waals surface area contributed by atoms with Crippen LogP contribution in [0.1, 0.15) is 5.56 Å². The van der Waals surface area contributed by atoms with Crippen molar-refractivity contribution in [1.82, 2.24) is 0 Å². The van der Waals surface area contributed by atoms with Gasteiger partial charge in [0.05, 0.1) is 16.2 Å². The first-order chi connectivity index (χ1) is 9.97. The maximum absolute atomic E-state index is 11.9. The van der Waals surface area contributed by atoms with Crippen LogP contribution in [0.3, 0.4) is 0 Å². The van der Waals surface area contributed by atoms with Gasteiger partial charge in [-0.15, -0.1) is 0 Å². The average molecular weight is 288 g/mol. The number of anilines is 1. The molecular formula is C14H14N3O4+. The number of nitrogens with zero attached hydrogens (tertiary/aromatic N) is 2. The number of aromatic hydroxyl groups is 1.